The van der Waals surface area contributed by atoms with Gasteiger partial charge in [0.2, 0.25) is 5.43 Å². The first kappa shape index (κ1) is 23.2. The van der Waals surface area contributed by atoms with Crippen molar-refractivity contribution < 1.29 is 43.3 Å². The molecule has 0 radical (unpaired) electrons. The Morgan fingerprint density at radius 2 is 2.00 bits per heavy atom. The Hall–Kier alpha value is -3.46. The van der Waals surface area contributed by atoms with Crippen molar-refractivity contribution in [2.45, 2.75) is 6.61 Å². The van der Waals surface area contributed by atoms with Gasteiger partial charge in [0.05, 0.1) is 29.7 Å². The van der Waals surface area contributed by atoms with Crippen LogP contribution >= 0.6 is 0 Å². The molecular formula is C19H16LiN5O6S. The molecule has 3 aromatic heterocycles. The fourth-order valence-electron chi connectivity index (χ4n) is 2.75. The van der Waals surface area contributed by atoms with Crippen LogP contribution in [0.1, 0.15) is 17.5 Å². The minimum atomic E-state index is -3.54. The molecule has 0 aliphatic rings. The van der Waals surface area contributed by atoms with Crippen molar-refractivity contribution in [1.82, 2.24) is 24.0 Å². The van der Waals surface area contributed by atoms with E-state index < -0.39 is 16.0 Å². The number of aromatic nitrogens is 5. The number of carboxylic acid groups (broad SMARTS) is 1. The third-order valence-corrected chi connectivity index (χ3v) is 5.19. The van der Waals surface area contributed by atoms with Gasteiger partial charge in [0.1, 0.15) is 23.7 Å². The van der Waals surface area contributed by atoms with Crippen LogP contribution in [0.25, 0.3) is 16.6 Å². The Balaban J connectivity index is 0.00000193. The van der Waals surface area contributed by atoms with E-state index in [2.05, 4.69) is 15.2 Å². The standard InChI is InChI=1S/C19H15N5O6S.Li.H/c1-31(28,29)24-10-14(9-21-24)23-5-4-18(25)17(22-23)11-30-15-2-3-16-12(7-15)6-13(8-20-16)19(26)27;;/h2-10H,11H2,1H3,(H,26,27);;/q;+1;-1. The third kappa shape index (κ3) is 4.88. The van der Waals surface area contributed by atoms with E-state index in [0.717, 1.165) is 10.3 Å². The molecule has 1 aromatic carbocycles. The van der Waals surface area contributed by atoms with E-state index in [0.29, 0.717) is 22.3 Å². The van der Waals surface area contributed by atoms with Crippen molar-refractivity contribution in [2.75, 3.05) is 6.26 Å². The number of rotatable bonds is 6. The Bertz CT molecular complexity index is 1490. The van der Waals surface area contributed by atoms with Crippen LogP contribution in [0.2, 0.25) is 0 Å². The quantitative estimate of drug-likeness (QED) is 0.336. The smallest absolute Gasteiger partial charge is 1.00 e. The minimum Gasteiger partial charge on any atom is -1.00 e. The number of hydrogen-bond acceptors (Lipinski definition) is 8. The Kier molecular flexibility index (Phi) is 6.49. The Labute approximate surface area is 195 Å². The number of fused-ring (bicyclic) bond motifs is 1. The van der Waals surface area contributed by atoms with Crippen LogP contribution in [-0.4, -0.2) is 49.7 Å². The van der Waals surface area contributed by atoms with Crippen LogP contribution in [0.4, 0.5) is 0 Å². The zero-order chi connectivity index (χ0) is 22.2. The van der Waals surface area contributed by atoms with Gasteiger partial charge in [-0.1, -0.05) is 0 Å². The molecule has 0 unspecified atom stereocenters. The number of ether oxygens (including phenoxy) is 1. The number of pyridine rings is 1. The van der Waals surface area contributed by atoms with Gasteiger partial charge < -0.3 is 11.3 Å². The fourth-order valence-corrected chi connectivity index (χ4v) is 3.27. The average molecular weight is 449 g/mol. The average Bonchev–Trinajstić information content (AvgIpc) is 3.23. The second kappa shape index (κ2) is 8.95. The summed E-state index contributed by atoms with van der Waals surface area (Å²) in [6.07, 6.45) is 6.26. The predicted octanol–water partition coefficient (Wildman–Crippen LogP) is -1.82. The van der Waals surface area contributed by atoms with Gasteiger partial charge >= 0.3 is 24.8 Å². The van der Waals surface area contributed by atoms with E-state index in [-0.39, 0.29) is 43.6 Å². The molecule has 1 N–H and O–H groups in total. The summed E-state index contributed by atoms with van der Waals surface area (Å²) in [5.41, 5.74) is 0.728. The number of nitrogens with zero attached hydrogens (tertiary/aromatic N) is 5. The topological polar surface area (TPSA) is 146 Å². The first-order valence-corrected chi connectivity index (χ1v) is 10.7. The largest absolute Gasteiger partial charge is 1.00 e. The SMILES string of the molecule is CS(=O)(=O)n1cc(-n2ccc(=O)c(COc3ccc4ncc(C(=O)O)cc4c3)n2)cn1.[H-].[Li+]. The monoisotopic (exact) mass is 449 g/mol. The molecule has 4 rings (SSSR count). The van der Waals surface area contributed by atoms with Crippen LogP contribution in [-0.2, 0) is 16.6 Å². The van der Waals surface area contributed by atoms with Crippen molar-refractivity contribution in [3.63, 3.8) is 0 Å². The summed E-state index contributed by atoms with van der Waals surface area (Å²) in [5, 5.41) is 17.6. The molecule has 11 nitrogen and oxygen atoms in total. The Morgan fingerprint density at radius 3 is 2.69 bits per heavy atom. The molecule has 0 bridgehead atoms. The Morgan fingerprint density at radius 1 is 1.22 bits per heavy atom. The summed E-state index contributed by atoms with van der Waals surface area (Å²) in [6, 6.07) is 7.70. The summed E-state index contributed by atoms with van der Waals surface area (Å²) < 4.78 is 30.9. The molecule has 160 valence electrons. The van der Waals surface area contributed by atoms with Gasteiger partial charge in [0, 0.05) is 23.8 Å². The van der Waals surface area contributed by atoms with E-state index in [1.807, 2.05) is 0 Å². The van der Waals surface area contributed by atoms with Gasteiger partial charge in [-0.3, -0.25) is 9.78 Å². The predicted molar refractivity (Wildman–Crippen MR) is 110 cm³/mol. The summed E-state index contributed by atoms with van der Waals surface area (Å²) in [6.45, 7) is -0.155. The van der Waals surface area contributed by atoms with Crippen molar-refractivity contribution in [1.29, 1.82) is 0 Å². The van der Waals surface area contributed by atoms with Crippen LogP contribution in [0.5, 0.6) is 5.75 Å². The molecule has 0 atom stereocenters. The van der Waals surface area contributed by atoms with Crippen LogP contribution in [0.3, 0.4) is 0 Å². The zero-order valence-corrected chi connectivity index (χ0v) is 17.9. The fraction of sp³-hybridized carbons (Fsp3) is 0.105. The molecule has 0 amide bonds. The molecule has 0 saturated heterocycles. The number of carboxylic acids is 1. The second-order valence-corrected chi connectivity index (χ2v) is 8.42. The van der Waals surface area contributed by atoms with E-state index >= 15 is 0 Å². The first-order chi connectivity index (χ1) is 14.7. The first-order valence-electron chi connectivity index (χ1n) is 8.81. The van der Waals surface area contributed by atoms with Gasteiger partial charge in [0.15, 0.2) is 0 Å². The molecule has 13 heteroatoms. The van der Waals surface area contributed by atoms with Crippen molar-refractivity contribution in [3.8, 4) is 11.4 Å². The third-order valence-electron chi connectivity index (χ3n) is 4.31. The molecule has 0 fully saturated rings. The normalized spacial score (nSPS) is 11.2. The summed E-state index contributed by atoms with van der Waals surface area (Å²) in [5.74, 6) is -0.688. The molecular weight excluding hydrogens is 433 g/mol. The summed E-state index contributed by atoms with van der Waals surface area (Å²) >= 11 is 0. The maximum absolute atomic E-state index is 12.2. The summed E-state index contributed by atoms with van der Waals surface area (Å²) in [4.78, 5) is 27.4. The van der Waals surface area contributed by atoms with Crippen LogP contribution in [0, 0.1) is 0 Å². The maximum Gasteiger partial charge on any atom is 1.00 e. The molecule has 3 heterocycles. The van der Waals surface area contributed by atoms with Gasteiger partial charge in [-0.05, 0) is 24.3 Å². The van der Waals surface area contributed by atoms with E-state index in [4.69, 9.17) is 9.84 Å². The summed E-state index contributed by atoms with van der Waals surface area (Å²) in [7, 11) is -3.54. The number of hydrogen-bond donors (Lipinski definition) is 1. The van der Waals surface area contributed by atoms with Crippen LogP contribution in [0.15, 0.2) is 59.9 Å². The van der Waals surface area contributed by atoms with E-state index in [9.17, 15) is 18.0 Å². The van der Waals surface area contributed by atoms with E-state index in [1.54, 1.807) is 18.2 Å². The van der Waals surface area contributed by atoms with Crippen molar-refractivity contribution in [2.24, 2.45) is 0 Å². The number of benzene rings is 1. The molecule has 0 aliphatic carbocycles. The molecule has 32 heavy (non-hydrogen) atoms. The van der Waals surface area contributed by atoms with Crippen molar-refractivity contribution in [3.05, 3.63) is 76.6 Å². The number of aromatic carboxylic acids is 1. The van der Waals surface area contributed by atoms with Crippen molar-refractivity contribution >= 4 is 26.9 Å². The molecule has 0 spiro atoms. The van der Waals surface area contributed by atoms with E-state index in [1.165, 1.54) is 41.6 Å². The number of carbonyl (C=O) groups is 1. The minimum absolute atomic E-state index is 0. The molecule has 0 aliphatic heterocycles. The molecule has 4 aromatic rings. The maximum atomic E-state index is 12.2. The second-order valence-electron chi connectivity index (χ2n) is 6.58. The van der Waals surface area contributed by atoms with Crippen LogP contribution < -0.4 is 29.0 Å². The van der Waals surface area contributed by atoms with Gasteiger partial charge in [0.25, 0.3) is 10.0 Å². The van der Waals surface area contributed by atoms with Gasteiger partial charge in [-0.15, -0.1) is 0 Å². The van der Waals surface area contributed by atoms with Gasteiger partial charge in [-0.25, -0.2) is 17.9 Å². The van der Waals surface area contributed by atoms with Gasteiger partial charge in [-0.2, -0.15) is 14.3 Å². The molecule has 0 saturated carbocycles. The zero-order valence-electron chi connectivity index (χ0n) is 18.0.